The SMILES string of the molecule is CC(NC(=O)c1ccc(N(C)S(C)(=O)=O)cc1Cl)c1ccccc1. The maximum absolute atomic E-state index is 12.4. The van der Waals surface area contributed by atoms with E-state index in [0.29, 0.717) is 11.3 Å². The fourth-order valence-corrected chi connectivity index (χ4v) is 2.93. The second-order valence-electron chi connectivity index (χ2n) is 5.50. The van der Waals surface area contributed by atoms with Crippen molar-refractivity contribution in [3.05, 3.63) is 64.7 Å². The van der Waals surface area contributed by atoms with Crippen molar-refractivity contribution in [3.8, 4) is 0 Å². The van der Waals surface area contributed by atoms with Crippen LogP contribution in [0.3, 0.4) is 0 Å². The van der Waals surface area contributed by atoms with Gasteiger partial charge in [0.2, 0.25) is 10.0 Å². The van der Waals surface area contributed by atoms with E-state index < -0.39 is 10.0 Å². The second kappa shape index (κ2) is 7.23. The summed E-state index contributed by atoms with van der Waals surface area (Å²) in [7, 11) is -1.96. The summed E-state index contributed by atoms with van der Waals surface area (Å²) in [6.45, 7) is 1.88. The summed E-state index contributed by atoms with van der Waals surface area (Å²) in [5.41, 5.74) is 1.68. The van der Waals surface area contributed by atoms with Crippen molar-refractivity contribution in [1.82, 2.24) is 5.32 Å². The number of benzene rings is 2. The first-order valence-electron chi connectivity index (χ1n) is 7.29. The lowest BCUT2D eigenvalue weighted by atomic mass is 10.1. The van der Waals surface area contributed by atoms with Crippen LogP contribution in [0, 0.1) is 0 Å². The average molecular weight is 367 g/mol. The molecule has 1 N–H and O–H groups in total. The molecule has 24 heavy (non-hydrogen) atoms. The maximum Gasteiger partial charge on any atom is 0.253 e. The van der Waals surface area contributed by atoms with Crippen LogP contribution in [-0.2, 0) is 10.0 Å². The van der Waals surface area contributed by atoms with Crippen molar-refractivity contribution in [2.45, 2.75) is 13.0 Å². The highest BCUT2D eigenvalue weighted by Crippen LogP contribution is 2.25. The normalized spacial score (nSPS) is 12.5. The van der Waals surface area contributed by atoms with E-state index in [2.05, 4.69) is 5.32 Å². The van der Waals surface area contributed by atoms with Gasteiger partial charge in [-0.2, -0.15) is 0 Å². The fourth-order valence-electron chi connectivity index (χ4n) is 2.17. The van der Waals surface area contributed by atoms with Crippen LogP contribution in [0.2, 0.25) is 5.02 Å². The Labute approximate surface area is 147 Å². The monoisotopic (exact) mass is 366 g/mol. The average Bonchev–Trinajstić information content (AvgIpc) is 2.53. The van der Waals surface area contributed by atoms with E-state index in [4.69, 9.17) is 11.6 Å². The molecule has 0 aromatic heterocycles. The topological polar surface area (TPSA) is 66.5 Å². The minimum Gasteiger partial charge on any atom is -0.345 e. The first-order valence-corrected chi connectivity index (χ1v) is 9.52. The Morgan fingerprint density at radius 2 is 1.79 bits per heavy atom. The number of carbonyl (C=O) groups excluding carboxylic acids is 1. The van der Waals surface area contributed by atoms with Gasteiger partial charge in [-0.15, -0.1) is 0 Å². The predicted octanol–water partition coefficient (Wildman–Crippen LogP) is 3.23. The van der Waals surface area contributed by atoms with Crippen molar-refractivity contribution >= 4 is 33.2 Å². The van der Waals surface area contributed by atoms with Crippen LogP contribution in [0.25, 0.3) is 0 Å². The molecule has 2 aromatic carbocycles. The van der Waals surface area contributed by atoms with Gasteiger partial charge in [0.1, 0.15) is 0 Å². The lowest BCUT2D eigenvalue weighted by molar-refractivity contribution is 0.0940. The Morgan fingerprint density at radius 3 is 2.33 bits per heavy atom. The molecule has 5 nitrogen and oxygen atoms in total. The highest BCUT2D eigenvalue weighted by Gasteiger charge is 2.17. The molecule has 0 aliphatic carbocycles. The van der Waals surface area contributed by atoms with Gasteiger partial charge in [0, 0.05) is 7.05 Å². The molecule has 0 bridgehead atoms. The first-order chi connectivity index (χ1) is 11.2. The van der Waals surface area contributed by atoms with Crippen molar-refractivity contribution in [2.24, 2.45) is 0 Å². The number of nitrogens with zero attached hydrogens (tertiary/aromatic N) is 1. The molecule has 2 rings (SSSR count). The summed E-state index contributed by atoms with van der Waals surface area (Å²) in [6.07, 6.45) is 1.10. The summed E-state index contributed by atoms with van der Waals surface area (Å²) < 4.78 is 24.2. The van der Waals surface area contributed by atoms with Gasteiger partial charge >= 0.3 is 0 Å². The quantitative estimate of drug-likeness (QED) is 0.883. The van der Waals surface area contributed by atoms with Crippen LogP contribution in [0.1, 0.15) is 28.9 Å². The van der Waals surface area contributed by atoms with Crippen LogP contribution in [0.5, 0.6) is 0 Å². The number of rotatable bonds is 5. The third-order valence-corrected chi connectivity index (χ3v) is 5.22. The lowest BCUT2D eigenvalue weighted by Gasteiger charge is -2.18. The van der Waals surface area contributed by atoms with Crippen LogP contribution >= 0.6 is 11.6 Å². The molecule has 1 amide bonds. The number of amides is 1. The van der Waals surface area contributed by atoms with Crippen LogP contribution in [-0.4, -0.2) is 27.6 Å². The molecule has 1 unspecified atom stereocenters. The minimum atomic E-state index is -3.39. The van der Waals surface area contributed by atoms with Crippen LogP contribution in [0.4, 0.5) is 5.69 Å². The first kappa shape index (κ1) is 18.3. The van der Waals surface area contributed by atoms with E-state index in [-0.39, 0.29) is 17.0 Å². The zero-order valence-corrected chi connectivity index (χ0v) is 15.2. The molecule has 1 atom stereocenters. The molecule has 2 aromatic rings. The van der Waals surface area contributed by atoms with Gasteiger partial charge in [0.15, 0.2) is 0 Å². The van der Waals surface area contributed by atoms with E-state index in [1.54, 1.807) is 6.07 Å². The van der Waals surface area contributed by atoms with Crippen molar-refractivity contribution in [1.29, 1.82) is 0 Å². The Hall–Kier alpha value is -2.05. The van der Waals surface area contributed by atoms with Gasteiger partial charge in [-0.05, 0) is 30.7 Å². The molecule has 128 valence electrons. The van der Waals surface area contributed by atoms with Gasteiger partial charge in [-0.1, -0.05) is 41.9 Å². The zero-order chi connectivity index (χ0) is 17.9. The number of hydrogen-bond acceptors (Lipinski definition) is 3. The molecule has 0 saturated carbocycles. The second-order valence-corrected chi connectivity index (χ2v) is 7.92. The van der Waals surface area contributed by atoms with E-state index in [0.717, 1.165) is 16.1 Å². The molecular weight excluding hydrogens is 348 g/mol. The standard InChI is InChI=1S/C17H19ClN2O3S/c1-12(13-7-5-4-6-8-13)19-17(21)15-10-9-14(11-16(15)18)20(2)24(3,22)23/h4-12H,1-3H3,(H,19,21). The highest BCUT2D eigenvalue weighted by atomic mass is 35.5. The van der Waals surface area contributed by atoms with Crippen molar-refractivity contribution in [2.75, 3.05) is 17.6 Å². The van der Waals surface area contributed by atoms with Gasteiger partial charge in [-0.25, -0.2) is 8.42 Å². The number of nitrogens with one attached hydrogen (secondary N) is 1. The van der Waals surface area contributed by atoms with Gasteiger partial charge in [0.05, 0.1) is 28.6 Å². The summed E-state index contributed by atoms with van der Waals surface area (Å²) in [5.74, 6) is -0.315. The molecule has 0 heterocycles. The largest absolute Gasteiger partial charge is 0.345 e. The number of carbonyl (C=O) groups is 1. The van der Waals surface area contributed by atoms with Gasteiger partial charge in [-0.3, -0.25) is 9.10 Å². The lowest BCUT2D eigenvalue weighted by Crippen LogP contribution is -2.27. The maximum atomic E-state index is 12.4. The third kappa shape index (κ3) is 4.27. The van der Waals surface area contributed by atoms with Crippen LogP contribution in [0.15, 0.2) is 48.5 Å². The summed E-state index contributed by atoms with van der Waals surface area (Å²) in [5, 5.41) is 3.07. The number of hydrogen-bond donors (Lipinski definition) is 1. The molecule has 0 fully saturated rings. The molecule has 0 saturated heterocycles. The Balaban J connectivity index is 2.19. The van der Waals surface area contributed by atoms with Crippen molar-refractivity contribution in [3.63, 3.8) is 0 Å². The van der Waals surface area contributed by atoms with Gasteiger partial charge < -0.3 is 5.32 Å². The smallest absolute Gasteiger partial charge is 0.253 e. The molecule has 0 aliphatic rings. The Kier molecular flexibility index (Phi) is 5.51. The zero-order valence-electron chi connectivity index (χ0n) is 13.7. The summed E-state index contributed by atoms with van der Waals surface area (Å²) in [6, 6.07) is 13.9. The highest BCUT2D eigenvalue weighted by molar-refractivity contribution is 7.92. The number of anilines is 1. The third-order valence-electron chi connectivity index (χ3n) is 3.71. The number of sulfonamides is 1. The van der Waals surface area contributed by atoms with E-state index in [9.17, 15) is 13.2 Å². The molecule has 0 spiro atoms. The van der Waals surface area contributed by atoms with E-state index in [1.807, 2.05) is 37.3 Å². The van der Waals surface area contributed by atoms with Crippen molar-refractivity contribution < 1.29 is 13.2 Å². The molecule has 0 radical (unpaired) electrons. The summed E-state index contributed by atoms with van der Waals surface area (Å²) in [4.78, 5) is 12.4. The van der Waals surface area contributed by atoms with Crippen LogP contribution < -0.4 is 9.62 Å². The number of halogens is 1. The molecule has 7 heteroatoms. The predicted molar refractivity (Wildman–Crippen MR) is 97.0 cm³/mol. The summed E-state index contributed by atoms with van der Waals surface area (Å²) >= 11 is 6.17. The van der Waals surface area contributed by atoms with Gasteiger partial charge in [0.25, 0.3) is 5.91 Å². The molecule has 0 aliphatic heterocycles. The minimum absolute atomic E-state index is 0.173. The Morgan fingerprint density at radius 1 is 1.17 bits per heavy atom. The van der Waals surface area contributed by atoms with E-state index >= 15 is 0 Å². The fraction of sp³-hybridized carbons (Fsp3) is 0.235. The van der Waals surface area contributed by atoms with E-state index in [1.165, 1.54) is 19.2 Å². The Bertz CT molecular complexity index is 838. The molecular formula is C17H19ClN2O3S.